The summed E-state index contributed by atoms with van der Waals surface area (Å²) in [6, 6.07) is 26.5. The number of anilines is 1. The monoisotopic (exact) mass is 526 g/mol. The Labute approximate surface area is 225 Å². The summed E-state index contributed by atoms with van der Waals surface area (Å²) in [6.07, 6.45) is 2.11. The Hall–Kier alpha value is -4.68. The number of para-hydroxylation sites is 1. The third-order valence-corrected chi connectivity index (χ3v) is 6.02. The predicted molar refractivity (Wildman–Crippen MR) is 146 cm³/mol. The fourth-order valence-corrected chi connectivity index (χ4v) is 4.22. The molecule has 4 rings (SSSR count). The number of nitrogens with one attached hydrogen (secondary N) is 1. The summed E-state index contributed by atoms with van der Waals surface area (Å²) in [7, 11) is 0. The summed E-state index contributed by atoms with van der Waals surface area (Å²) in [5.74, 6) is 1.26. The van der Waals surface area contributed by atoms with E-state index in [1.165, 1.54) is 17.4 Å². The number of carbonyl (C=O) groups excluding carboxylic acids is 1. The van der Waals surface area contributed by atoms with Gasteiger partial charge in [-0.25, -0.2) is 0 Å². The van der Waals surface area contributed by atoms with Crippen LogP contribution >= 0.6 is 11.3 Å². The Morgan fingerprint density at radius 1 is 0.947 bits per heavy atom. The Kier molecular flexibility index (Phi) is 9.43. The topological polar surface area (TPSA) is 106 Å². The quantitative estimate of drug-likeness (QED) is 0.147. The van der Waals surface area contributed by atoms with Gasteiger partial charge in [-0.05, 0) is 48.4 Å². The number of hydrogen-bond donors (Lipinski definition) is 1. The number of ether oxygens (including phenoxy) is 3. The van der Waals surface area contributed by atoms with Crippen LogP contribution in [0.25, 0.3) is 6.08 Å². The molecule has 1 aromatic heterocycles. The molecule has 1 N–H and O–H groups in total. The van der Waals surface area contributed by atoms with Gasteiger partial charge in [0.2, 0.25) is 5.13 Å². The van der Waals surface area contributed by atoms with Crippen molar-refractivity contribution in [3.63, 3.8) is 0 Å². The predicted octanol–water partition coefficient (Wildman–Crippen LogP) is 5.53. The van der Waals surface area contributed by atoms with Crippen LogP contribution in [0.3, 0.4) is 0 Å². The second-order valence-electron chi connectivity index (χ2n) is 7.94. The maximum absolute atomic E-state index is 12.8. The fraction of sp³-hybridized carbons (Fsp3) is 0.172. The Morgan fingerprint density at radius 3 is 2.42 bits per heavy atom. The van der Waals surface area contributed by atoms with E-state index in [2.05, 4.69) is 15.5 Å². The molecule has 0 saturated heterocycles. The van der Waals surface area contributed by atoms with Crippen molar-refractivity contribution in [3.05, 3.63) is 101 Å². The molecular weight excluding hydrogens is 500 g/mol. The molecule has 0 saturated carbocycles. The van der Waals surface area contributed by atoms with Crippen LogP contribution in [0.15, 0.2) is 84.4 Å². The van der Waals surface area contributed by atoms with Gasteiger partial charge < -0.3 is 14.2 Å². The van der Waals surface area contributed by atoms with Crippen molar-refractivity contribution in [2.75, 3.05) is 25.1 Å². The van der Waals surface area contributed by atoms with Crippen molar-refractivity contribution >= 4 is 28.5 Å². The van der Waals surface area contributed by atoms with Crippen LogP contribution in [0, 0.1) is 11.3 Å². The zero-order valence-corrected chi connectivity index (χ0v) is 21.6. The number of nitrogens with zero attached hydrogens (tertiary/aromatic N) is 3. The van der Waals surface area contributed by atoms with E-state index < -0.39 is 5.91 Å². The number of carbonyl (C=O) groups is 1. The summed E-state index contributed by atoms with van der Waals surface area (Å²) in [6.45, 7) is 2.99. The largest absolute Gasteiger partial charge is 0.490 e. The molecule has 3 aromatic carbocycles. The van der Waals surface area contributed by atoms with Gasteiger partial charge in [0, 0.05) is 6.42 Å². The van der Waals surface area contributed by atoms with Crippen molar-refractivity contribution in [1.29, 1.82) is 5.26 Å². The van der Waals surface area contributed by atoms with Gasteiger partial charge in [0.25, 0.3) is 5.91 Å². The van der Waals surface area contributed by atoms with Crippen LogP contribution < -0.4 is 19.5 Å². The summed E-state index contributed by atoms with van der Waals surface area (Å²) >= 11 is 1.27. The maximum Gasteiger partial charge on any atom is 0.268 e. The highest BCUT2D eigenvalue weighted by atomic mass is 32.1. The molecule has 0 fully saturated rings. The molecule has 0 bridgehead atoms. The number of rotatable bonds is 12. The zero-order chi connectivity index (χ0) is 26.6. The Balaban J connectivity index is 1.38. The van der Waals surface area contributed by atoms with Crippen molar-refractivity contribution in [2.24, 2.45) is 0 Å². The molecule has 0 aliphatic heterocycles. The first-order valence-electron chi connectivity index (χ1n) is 12.0. The lowest BCUT2D eigenvalue weighted by Gasteiger charge is -2.13. The summed E-state index contributed by atoms with van der Waals surface area (Å²) in [4.78, 5) is 12.8. The molecular formula is C29H26N4O4S. The highest BCUT2D eigenvalue weighted by molar-refractivity contribution is 7.15. The van der Waals surface area contributed by atoms with Gasteiger partial charge in [0.15, 0.2) is 11.5 Å². The van der Waals surface area contributed by atoms with Crippen LogP contribution in [0.5, 0.6) is 17.2 Å². The minimum Gasteiger partial charge on any atom is -0.490 e. The number of aromatic nitrogens is 2. The van der Waals surface area contributed by atoms with Gasteiger partial charge in [0.05, 0.1) is 6.61 Å². The molecule has 9 heteroatoms. The first-order chi connectivity index (χ1) is 18.6. The van der Waals surface area contributed by atoms with Crippen LogP contribution in [0.1, 0.15) is 23.1 Å². The van der Waals surface area contributed by atoms with E-state index >= 15 is 0 Å². The second kappa shape index (κ2) is 13.6. The molecule has 0 radical (unpaired) electrons. The molecule has 0 atom stereocenters. The lowest BCUT2D eigenvalue weighted by Crippen LogP contribution is -2.13. The summed E-state index contributed by atoms with van der Waals surface area (Å²) in [5.41, 5.74) is 1.65. The average Bonchev–Trinajstić information content (AvgIpc) is 3.38. The molecule has 0 unspecified atom stereocenters. The van der Waals surface area contributed by atoms with E-state index in [9.17, 15) is 10.1 Å². The number of benzene rings is 3. The van der Waals surface area contributed by atoms with E-state index in [0.717, 1.165) is 16.3 Å². The molecule has 1 heterocycles. The van der Waals surface area contributed by atoms with Gasteiger partial charge in [-0.15, -0.1) is 10.2 Å². The number of amides is 1. The Morgan fingerprint density at radius 2 is 1.68 bits per heavy atom. The standard InChI is InChI=1S/C29H26N4O4S/c1-2-35-26-18-22(13-14-25(26)37-16-15-36-24-11-7-4-8-12-24)17-23(20-30)28(34)31-29-33-32-27(38-29)19-21-9-5-3-6-10-21/h3-14,17-18H,2,15-16,19H2,1H3,(H,31,33,34)/b23-17-. The Bertz CT molecular complexity index is 1420. The molecule has 38 heavy (non-hydrogen) atoms. The van der Waals surface area contributed by atoms with E-state index in [-0.39, 0.29) is 5.57 Å². The first-order valence-corrected chi connectivity index (χ1v) is 12.8. The van der Waals surface area contributed by atoms with Crippen LogP contribution in [0.2, 0.25) is 0 Å². The van der Waals surface area contributed by atoms with E-state index in [4.69, 9.17) is 14.2 Å². The molecule has 8 nitrogen and oxygen atoms in total. The molecule has 1 amide bonds. The van der Waals surface area contributed by atoms with Crippen molar-refractivity contribution < 1.29 is 19.0 Å². The van der Waals surface area contributed by atoms with Gasteiger partial charge in [-0.1, -0.05) is 65.9 Å². The van der Waals surface area contributed by atoms with Crippen molar-refractivity contribution in [3.8, 4) is 23.3 Å². The minimum absolute atomic E-state index is 0.0720. The number of hydrogen-bond acceptors (Lipinski definition) is 8. The van der Waals surface area contributed by atoms with Crippen molar-refractivity contribution in [1.82, 2.24) is 10.2 Å². The van der Waals surface area contributed by atoms with Crippen LogP contribution in [-0.4, -0.2) is 35.9 Å². The first kappa shape index (κ1) is 26.4. The van der Waals surface area contributed by atoms with E-state index in [1.54, 1.807) is 18.2 Å². The van der Waals surface area contributed by atoms with Gasteiger partial charge >= 0.3 is 0 Å². The van der Waals surface area contributed by atoms with E-state index in [0.29, 0.717) is 48.4 Å². The van der Waals surface area contributed by atoms with Gasteiger partial charge in [-0.3, -0.25) is 10.1 Å². The molecule has 0 aliphatic rings. The highest BCUT2D eigenvalue weighted by Gasteiger charge is 2.14. The molecule has 0 spiro atoms. The highest BCUT2D eigenvalue weighted by Crippen LogP contribution is 2.29. The second-order valence-corrected chi connectivity index (χ2v) is 9.00. The zero-order valence-electron chi connectivity index (χ0n) is 20.8. The van der Waals surface area contributed by atoms with Crippen molar-refractivity contribution in [2.45, 2.75) is 13.3 Å². The minimum atomic E-state index is -0.564. The van der Waals surface area contributed by atoms with Gasteiger partial charge in [-0.2, -0.15) is 5.26 Å². The van der Waals surface area contributed by atoms with Gasteiger partial charge in [0.1, 0.15) is 35.6 Å². The smallest absolute Gasteiger partial charge is 0.268 e. The fourth-order valence-electron chi connectivity index (χ4n) is 3.46. The van der Waals surface area contributed by atoms with Crippen LogP contribution in [0.4, 0.5) is 5.13 Å². The lowest BCUT2D eigenvalue weighted by molar-refractivity contribution is -0.112. The third-order valence-electron chi connectivity index (χ3n) is 5.18. The van der Waals surface area contributed by atoms with E-state index in [1.807, 2.05) is 73.7 Å². The third kappa shape index (κ3) is 7.66. The average molecular weight is 527 g/mol. The summed E-state index contributed by atoms with van der Waals surface area (Å²) in [5, 5.41) is 21.5. The maximum atomic E-state index is 12.8. The molecule has 4 aromatic rings. The molecule has 192 valence electrons. The molecule has 0 aliphatic carbocycles. The summed E-state index contributed by atoms with van der Waals surface area (Å²) < 4.78 is 17.2. The lowest BCUT2D eigenvalue weighted by atomic mass is 10.1. The number of nitriles is 1. The normalized spacial score (nSPS) is 10.9. The van der Waals surface area contributed by atoms with Crippen LogP contribution in [-0.2, 0) is 11.2 Å². The SMILES string of the molecule is CCOc1cc(/C=C(/C#N)C(=O)Nc2nnc(Cc3ccccc3)s2)ccc1OCCOc1ccccc1.